The Morgan fingerprint density at radius 2 is 1.91 bits per heavy atom. The Labute approximate surface area is 136 Å². The van der Waals surface area contributed by atoms with E-state index < -0.39 is 23.9 Å². The van der Waals surface area contributed by atoms with E-state index in [0.29, 0.717) is 13.0 Å². The summed E-state index contributed by atoms with van der Waals surface area (Å²) in [5.74, 6) is -2.72. The summed E-state index contributed by atoms with van der Waals surface area (Å²) in [4.78, 5) is 22.3. The van der Waals surface area contributed by atoms with Crippen LogP contribution in [0.2, 0.25) is 0 Å². The van der Waals surface area contributed by atoms with Gasteiger partial charge in [-0.1, -0.05) is 44.5 Å². The van der Waals surface area contributed by atoms with Gasteiger partial charge >= 0.3 is 0 Å². The fourth-order valence-electron chi connectivity index (χ4n) is 2.59. The van der Waals surface area contributed by atoms with Crippen LogP contribution in [0.1, 0.15) is 31.4 Å². The zero-order chi connectivity index (χ0) is 17.4. The highest BCUT2D eigenvalue weighted by Crippen LogP contribution is 2.18. The Morgan fingerprint density at radius 3 is 2.43 bits per heavy atom. The third kappa shape index (κ3) is 6.00. The summed E-state index contributed by atoms with van der Waals surface area (Å²) in [7, 11) is 0. The van der Waals surface area contributed by atoms with E-state index >= 15 is 0 Å². The molecule has 0 heterocycles. The molecule has 23 heavy (non-hydrogen) atoms. The van der Waals surface area contributed by atoms with E-state index in [1.54, 1.807) is 6.92 Å². The van der Waals surface area contributed by atoms with Crippen LogP contribution >= 0.6 is 0 Å². The lowest BCUT2D eigenvalue weighted by atomic mass is 9.87. The Hall–Kier alpha value is -1.92. The van der Waals surface area contributed by atoms with Crippen LogP contribution in [0.3, 0.4) is 0 Å². The van der Waals surface area contributed by atoms with E-state index in [9.17, 15) is 19.8 Å². The molecule has 0 aliphatic carbocycles. The molecule has 1 amide bonds. The van der Waals surface area contributed by atoms with Gasteiger partial charge in [0.05, 0.1) is 12.5 Å². The highest BCUT2D eigenvalue weighted by molar-refractivity contribution is 5.77. The van der Waals surface area contributed by atoms with E-state index in [1.165, 1.54) is 0 Å². The number of rotatable bonds is 10. The molecule has 6 heteroatoms. The van der Waals surface area contributed by atoms with Crippen molar-refractivity contribution in [2.24, 2.45) is 17.6 Å². The molecule has 6 nitrogen and oxygen atoms in total. The molecule has 1 rings (SSSR count). The standard InChI is InChI=1S/C17H26N2O4/c1-3-11(2)16(17(22)23)14(20)10-19-9-13-7-5-4-6-12(13)8-15(18)21/h4-7,11,14,16,19-20H,3,8-10H2,1-2H3,(H2,18,21)(H,22,23)/p-1. The zero-order valence-electron chi connectivity index (χ0n) is 13.6. The van der Waals surface area contributed by atoms with Gasteiger partial charge in [0.15, 0.2) is 0 Å². The summed E-state index contributed by atoms with van der Waals surface area (Å²) in [6.45, 7) is 4.21. The molecule has 3 atom stereocenters. The lowest BCUT2D eigenvalue weighted by Crippen LogP contribution is -2.46. The van der Waals surface area contributed by atoms with Crippen LogP contribution in [0.25, 0.3) is 0 Å². The smallest absolute Gasteiger partial charge is 0.221 e. The normalized spacial score (nSPS) is 14.9. The highest BCUT2D eigenvalue weighted by atomic mass is 16.4. The average Bonchev–Trinajstić information content (AvgIpc) is 2.48. The number of hydrogen-bond acceptors (Lipinski definition) is 5. The first kappa shape index (κ1) is 19.1. The number of nitrogens with two attached hydrogens (primary N) is 1. The van der Waals surface area contributed by atoms with Gasteiger partial charge in [-0.15, -0.1) is 0 Å². The Balaban J connectivity index is 2.62. The molecule has 1 aromatic carbocycles. The highest BCUT2D eigenvalue weighted by Gasteiger charge is 2.25. The van der Waals surface area contributed by atoms with Crippen LogP contribution in [-0.2, 0) is 22.6 Å². The van der Waals surface area contributed by atoms with Gasteiger partial charge in [-0.3, -0.25) is 4.79 Å². The minimum atomic E-state index is -1.23. The first-order chi connectivity index (χ1) is 10.9. The third-order valence-corrected chi connectivity index (χ3v) is 4.10. The summed E-state index contributed by atoms with van der Waals surface area (Å²) in [6.07, 6.45) is -0.232. The number of aliphatic hydroxyl groups excluding tert-OH is 1. The largest absolute Gasteiger partial charge is 0.550 e. The number of carboxylic acids is 1. The molecule has 0 saturated heterocycles. The number of carbonyl (C=O) groups is 2. The number of primary amides is 1. The van der Waals surface area contributed by atoms with Crippen molar-refractivity contribution < 1.29 is 19.8 Å². The molecular weight excluding hydrogens is 296 g/mol. The predicted molar refractivity (Wildman–Crippen MR) is 85.0 cm³/mol. The lowest BCUT2D eigenvalue weighted by molar-refractivity contribution is -0.316. The quantitative estimate of drug-likeness (QED) is 0.541. The van der Waals surface area contributed by atoms with E-state index in [1.807, 2.05) is 31.2 Å². The second-order valence-corrected chi connectivity index (χ2v) is 5.84. The number of carbonyl (C=O) groups excluding carboxylic acids is 2. The van der Waals surface area contributed by atoms with Gasteiger partial charge < -0.3 is 26.1 Å². The summed E-state index contributed by atoms with van der Waals surface area (Å²) in [5.41, 5.74) is 6.94. The van der Waals surface area contributed by atoms with Gasteiger partial charge in [0.1, 0.15) is 0 Å². The molecule has 0 aromatic heterocycles. The molecule has 0 aliphatic heterocycles. The predicted octanol–water partition coefficient (Wildman–Crippen LogP) is -0.423. The van der Waals surface area contributed by atoms with Crippen molar-refractivity contribution in [2.45, 2.75) is 39.3 Å². The van der Waals surface area contributed by atoms with Crippen LogP contribution in [0.5, 0.6) is 0 Å². The number of aliphatic carboxylic acids is 1. The number of carboxylic acid groups (broad SMARTS) is 1. The van der Waals surface area contributed by atoms with Crippen LogP contribution in [0.4, 0.5) is 0 Å². The molecule has 0 fully saturated rings. The van der Waals surface area contributed by atoms with E-state index in [2.05, 4.69) is 5.32 Å². The van der Waals surface area contributed by atoms with E-state index in [-0.39, 0.29) is 18.9 Å². The fraction of sp³-hybridized carbons (Fsp3) is 0.529. The average molecular weight is 321 g/mol. The third-order valence-electron chi connectivity index (χ3n) is 4.10. The Kier molecular flexibility index (Phi) is 7.71. The lowest BCUT2D eigenvalue weighted by Gasteiger charge is -2.29. The van der Waals surface area contributed by atoms with Gasteiger partial charge in [0.25, 0.3) is 0 Å². The summed E-state index contributed by atoms with van der Waals surface area (Å²) in [6, 6.07) is 7.36. The second kappa shape index (κ2) is 9.27. The molecule has 4 N–H and O–H groups in total. The minimum Gasteiger partial charge on any atom is -0.550 e. The van der Waals surface area contributed by atoms with Crippen molar-refractivity contribution in [2.75, 3.05) is 6.54 Å². The van der Waals surface area contributed by atoms with Crippen molar-refractivity contribution in [3.8, 4) is 0 Å². The monoisotopic (exact) mass is 321 g/mol. The molecule has 0 bridgehead atoms. The molecule has 128 valence electrons. The molecule has 0 saturated carbocycles. The van der Waals surface area contributed by atoms with Gasteiger partial charge in [0, 0.05) is 25.0 Å². The maximum absolute atomic E-state index is 11.2. The van der Waals surface area contributed by atoms with Crippen LogP contribution < -0.4 is 16.2 Å². The second-order valence-electron chi connectivity index (χ2n) is 5.84. The van der Waals surface area contributed by atoms with E-state index in [0.717, 1.165) is 11.1 Å². The van der Waals surface area contributed by atoms with Crippen molar-refractivity contribution in [1.29, 1.82) is 0 Å². The zero-order valence-corrected chi connectivity index (χ0v) is 13.6. The van der Waals surface area contributed by atoms with Gasteiger partial charge in [0.2, 0.25) is 5.91 Å². The fourth-order valence-corrected chi connectivity index (χ4v) is 2.59. The van der Waals surface area contributed by atoms with Crippen molar-refractivity contribution in [1.82, 2.24) is 5.32 Å². The van der Waals surface area contributed by atoms with Crippen molar-refractivity contribution >= 4 is 11.9 Å². The van der Waals surface area contributed by atoms with Crippen molar-refractivity contribution in [3.63, 3.8) is 0 Å². The maximum atomic E-state index is 11.2. The summed E-state index contributed by atoms with van der Waals surface area (Å²) in [5, 5.41) is 24.4. The number of nitrogens with one attached hydrogen (secondary N) is 1. The molecule has 3 unspecified atom stereocenters. The first-order valence-corrected chi connectivity index (χ1v) is 7.81. The molecule has 0 spiro atoms. The molecular formula is C17H25N2O4-. The molecule has 0 radical (unpaired) electrons. The summed E-state index contributed by atoms with van der Waals surface area (Å²) < 4.78 is 0. The Bertz CT molecular complexity index is 533. The SMILES string of the molecule is CCC(C)C(C(=O)[O-])C(O)CNCc1ccccc1CC(N)=O. The number of hydrogen-bond donors (Lipinski definition) is 3. The first-order valence-electron chi connectivity index (χ1n) is 7.81. The van der Waals surface area contributed by atoms with E-state index in [4.69, 9.17) is 5.73 Å². The molecule has 0 aliphatic rings. The number of amides is 1. The topological polar surface area (TPSA) is 115 Å². The minimum absolute atomic E-state index is 0.133. The Morgan fingerprint density at radius 1 is 1.30 bits per heavy atom. The van der Waals surface area contributed by atoms with Crippen molar-refractivity contribution in [3.05, 3.63) is 35.4 Å². The van der Waals surface area contributed by atoms with Gasteiger partial charge in [-0.25, -0.2) is 0 Å². The number of aliphatic hydroxyl groups is 1. The number of benzene rings is 1. The maximum Gasteiger partial charge on any atom is 0.221 e. The van der Waals surface area contributed by atoms with Gasteiger partial charge in [-0.2, -0.15) is 0 Å². The van der Waals surface area contributed by atoms with Crippen LogP contribution in [0, 0.1) is 11.8 Å². The van der Waals surface area contributed by atoms with Gasteiger partial charge in [-0.05, 0) is 17.0 Å². The summed E-state index contributed by atoms with van der Waals surface area (Å²) >= 11 is 0. The van der Waals surface area contributed by atoms with Crippen LogP contribution in [0.15, 0.2) is 24.3 Å². The van der Waals surface area contributed by atoms with Crippen LogP contribution in [-0.4, -0.2) is 29.6 Å². The molecule has 1 aromatic rings.